The first-order chi connectivity index (χ1) is 6.04. The van der Waals surface area contributed by atoms with E-state index in [1.165, 1.54) is 12.1 Å². The van der Waals surface area contributed by atoms with Gasteiger partial charge in [-0.3, -0.25) is 0 Å². The van der Waals surface area contributed by atoms with Crippen LogP contribution in [0.25, 0.3) is 0 Å². The van der Waals surface area contributed by atoms with Gasteiger partial charge in [-0.1, -0.05) is 24.3 Å². The Morgan fingerprint density at radius 2 is 1.57 bits per heavy atom. The van der Waals surface area contributed by atoms with E-state index in [0.29, 0.717) is 12.0 Å². The normalized spacial score (nSPS) is 10.9. The zero-order valence-electron chi connectivity index (χ0n) is 7.88. The van der Waals surface area contributed by atoms with E-state index >= 15 is 0 Å². The Morgan fingerprint density at radius 3 is 1.93 bits per heavy atom. The number of halogens is 3. The number of aliphatic hydroxyl groups excluding tert-OH is 1. The summed E-state index contributed by atoms with van der Waals surface area (Å²) < 4.78 is 36.4. The summed E-state index contributed by atoms with van der Waals surface area (Å²) in [5.74, 6) is 0. The molecule has 0 aliphatic heterocycles. The molecule has 1 aromatic carbocycles. The molecule has 0 aliphatic carbocycles. The third-order valence-corrected chi connectivity index (χ3v) is 1.76. The van der Waals surface area contributed by atoms with Gasteiger partial charge in [-0.2, -0.15) is 0 Å². The summed E-state index contributed by atoms with van der Waals surface area (Å²) in [6.45, 7) is -4.94. The van der Waals surface area contributed by atoms with Crippen LogP contribution < -0.4 is 56.8 Å². The first-order valence-corrected chi connectivity index (χ1v) is 3.93. The SMILES string of the molecule is OCCc1ccc([B-](F)(F)F)cc1.[K+]. The molecule has 0 saturated heterocycles. The molecule has 14 heavy (non-hydrogen) atoms. The van der Waals surface area contributed by atoms with Crippen molar-refractivity contribution in [1.82, 2.24) is 0 Å². The van der Waals surface area contributed by atoms with Crippen LogP contribution in [-0.4, -0.2) is 18.7 Å². The summed E-state index contributed by atoms with van der Waals surface area (Å²) in [5, 5.41) is 8.53. The van der Waals surface area contributed by atoms with E-state index in [2.05, 4.69) is 0 Å². The van der Waals surface area contributed by atoms with Crippen molar-refractivity contribution in [3.05, 3.63) is 29.8 Å². The molecule has 0 amide bonds. The van der Waals surface area contributed by atoms with Crippen LogP contribution in [0.3, 0.4) is 0 Å². The fraction of sp³-hybridized carbons (Fsp3) is 0.250. The number of hydrogen-bond donors (Lipinski definition) is 1. The Labute approximate surface area is 123 Å². The largest absolute Gasteiger partial charge is 1.00 e. The molecule has 0 aromatic heterocycles. The van der Waals surface area contributed by atoms with E-state index in [1.54, 1.807) is 0 Å². The fourth-order valence-electron chi connectivity index (χ4n) is 1.03. The second-order valence-electron chi connectivity index (χ2n) is 2.79. The van der Waals surface area contributed by atoms with Crippen LogP contribution in [0.5, 0.6) is 0 Å². The van der Waals surface area contributed by atoms with Gasteiger partial charge in [0.15, 0.2) is 0 Å². The monoisotopic (exact) mass is 228 g/mol. The fourth-order valence-corrected chi connectivity index (χ4v) is 1.03. The van der Waals surface area contributed by atoms with E-state index < -0.39 is 12.4 Å². The second kappa shape index (κ2) is 6.30. The predicted octanol–water partition coefficient (Wildman–Crippen LogP) is -1.72. The summed E-state index contributed by atoms with van der Waals surface area (Å²) in [4.78, 5) is 0. The molecule has 0 radical (unpaired) electrons. The third kappa shape index (κ3) is 4.46. The molecular weight excluding hydrogens is 219 g/mol. The van der Waals surface area contributed by atoms with Crippen LogP contribution in [0.2, 0.25) is 0 Å². The maximum absolute atomic E-state index is 12.1. The van der Waals surface area contributed by atoms with Crippen molar-refractivity contribution in [3.63, 3.8) is 0 Å². The minimum Gasteiger partial charge on any atom is -0.445 e. The molecule has 1 rings (SSSR count). The molecule has 1 aromatic rings. The molecule has 0 fully saturated rings. The Kier molecular flexibility index (Phi) is 6.60. The van der Waals surface area contributed by atoms with Crippen molar-refractivity contribution in [2.45, 2.75) is 6.42 Å². The summed E-state index contributed by atoms with van der Waals surface area (Å²) in [5.41, 5.74) is 0.119. The molecule has 0 aliphatic rings. The smallest absolute Gasteiger partial charge is 0.445 e. The molecular formula is C8H9BF3KO. The number of rotatable bonds is 3. The number of aliphatic hydroxyl groups is 1. The molecule has 0 heterocycles. The zero-order valence-corrected chi connectivity index (χ0v) is 11.0. The van der Waals surface area contributed by atoms with Gasteiger partial charge >= 0.3 is 58.4 Å². The van der Waals surface area contributed by atoms with Gasteiger partial charge in [-0.25, -0.2) is 0 Å². The van der Waals surface area contributed by atoms with Crippen LogP contribution in [0.1, 0.15) is 5.56 Å². The Balaban J connectivity index is 0.00000169. The van der Waals surface area contributed by atoms with Gasteiger partial charge in [0.25, 0.3) is 0 Å². The molecule has 6 heteroatoms. The predicted molar refractivity (Wildman–Crippen MR) is 45.9 cm³/mol. The maximum Gasteiger partial charge on any atom is 1.00 e. The van der Waals surface area contributed by atoms with Gasteiger partial charge in [-0.05, 0) is 12.0 Å². The molecule has 1 nitrogen and oxygen atoms in total. The van der Waals surface area contributed by atoms with Gasteiger partial charge in [0.2, 0.25) is 0 Å². The Bertz CT molecular complexity index is 273. The van der Waals surface area contributed by atoms with Gasteiger partial charge in [-0.15, -0.1) is 5.46 Å². The van der Waals surface area contributed by atoms with E-state index in [4.69, 9.17) is 5.11 Å². The van der Waals surface area contributed by atoms with Gasteiger partial charge < -0.3 is 18.1 Å². The van der Waals surface area contributed by atoms with Gasteiger partial charge in [0.05, 0.1) is 0 Å². The minimum atomic E-state index is -4.89. The second-order valence-corrected chi connectivity index (χ2v) is 2.79. The topological polar surface area (TPSA) is 20.2 Å². The minimum absolute atomic E-state index is 0. The summed E-state index contributed by atoms with van der Waals surface area (Å²) in [6, 6.07) is 4.87. The summed E-state index contributed by atoms with van der Waals surface area (Å²) >= 11 is 0. The molecule has 0 saturated carbocycles. The third-order valence-electron chi connectivity index (χ3n) is 1.76. The molecule has 0 atom stereocenters. The van der Waals surface area contributed by atoms with E-state index in [-0.39, 0.29) is 58.0 Å². The van der Waals surface area contributed by atoms with Crippen molar-refractivity contribution in [3.8, 4) is 0 Å². The average molecular weight is 228 g/mol. The first kappa shape index (κ1) is 14.7. The van der Waals surface area contributed by atoms with Crippen LogP contribution in [0.4, 0.5) is 12.9 Å². The number of benzene rings is 1. The van der Waals surface area contributed by atoms with Gasteiger partial charge in [0, 0.05) is 6.61 Å². The summed E-state index contributed by atoms with van der Waals surface area (Å²) in [7, 11) is 0. The average Bonchev–Trinajstić information content (AvgIpc) is 2.04. The quantitative estimate of drug-likeness (QED) is 0.610. The van der Waals surface area contributed by atoms with E-state index in [1.807, 2.05) is 0 Å². The van der Waals surface area contributed by atoms with Crippen LogP contribution >= 0.6 is 0 Å². The van der Waals surface area contributed by atoms with Crippen LogP contribution in [0, 0.1) is 0 Å². The van der Waals surface area contributed by atoms with E-state index in [9.17, 15) is 12.9 Å². The Hall–Kier alpha value is 0.671. The van der Waals surface area contributed by atoms with Crippen molar-refractivity contribution in [2.24, 2.45) is 0 Å². The van der Waals surface area contributed by atoms with Crippen molar-refractivity contribution in [1.29, 1.82) is 0 Å². The first-order valence-electron chi connectivity index (χ1n) is 3.93. The molecule has 72 valence electrons. The van der Waals surface area contributed by atoms with Crippen LogP contribution in [0.15, 0.2) is 24.3 Å². The van der Waals surface area contributed by atoms with Crippen LogP contribution in [-0.2, 0) is 6.42 Å². The van der Waals surface area contributed by atoms with Crippen molar-refractivity contribution in [2.75, 3.05) is 6.61 Å². The van der Waals surface area contributed by atoms with Crippen molar-refractivity contribution < 1.29 is 69.4 Å². The zero-order chi connectivity index (χ0) is 9.90. The maximum atomic E-state index is 12.1. The molecule has 0 spiro atoms. The summed E-state index contributed by atoms with van der Waals surface area (Å²) in [6.07, 6.45) is 0.394. The van der Waals surface area contributed by atoms with Crippen molar-refractivity contribution >= 4 is 12.4 Å². The van der Waals surface area contributed by atoms with Gasteiger partial charge in [0.1, 0.15) is 0 Å². The molecule has 0 bridgehead atoms. The standard InChI is InChI=1S/C8H9BF3O.K/c10-9(11,12)8-3-1-7(2-4-8)5-6-13;/h1-4,13H,5-6H2;/q-1;+1. The Morgan fingerprint density at radius 1 is 1.07 bits per heavy atom. The number of hydrogen-bond acceptors (Lipinski definition) is 1. The molecule has 0 unspecified atom stereocenters. The molecule has 1 N–H and O–H groups in total. The van der Waals surface area contributed by atoms with E-state index in [0.717, 1.165) is 12.1 Å².